The summed E-state index contributed by atoms with van der Waals surface area (Å²) in [4.78, 5) is 0. The third-order valence-electron chi connectivity index (χ3n) is 13.1. The third kappa shape index (κ3) is 5.14. The predicted octanol–water partition coefficient (Wildman–Crippen LogP) is 16.1. The smallest absolute Gasteiger partial charge is 0.0497 e. The molecule has 0 spiro atoms. The van der Waals surface area contributed by atoms with Gasteiger partial charge in [-0.3, -0.25) is 0 Å². The number of nitrogens with zero attached hydrogens (tertiary/aromatic N) is 2. The van der Waals surface area contributed by atoms with Crippen molar-refractivity contribution in [3.05, 3.63) is 194 Å². The summed E-state index contributed by atoms with van der Waals surface area (Å²) in [5, 5.41) is 12.7. The highest BCUT2D eigenvalue weighted by Gasteiger charge is 2.20. The van der Waals surface area contributed by atoms with Gasteiger partial charge in [-0.2, -0.15) is 0 Å². The number of aryl methyl sites for hydroxylation is 2. The van der Waals surface area contributed by atoms with E-state index < -0.39 is 0 Å². The molecule has 2 heterocycles. The second-order valence-corrected chi connectivity index (χ2v) is 16.1. The van der Waals surface area contributed by atoms with E-state index in [9.17, 15) is 0 Å². The lowest BCUT2D eigenvalue weighted by molar-refractivity contribution is 0.827. The van der Waals surface area contributed by atoms with Crippen LogP contribution < -0.4 is 0 Å². The molecule has 0 N–H and O–H groups in total. The molecule has 0 radical (unpaired) electrons. The zero-order valence-electron chi connectivity index (χ0n) is 33.8. The summed E-state index contributed by atoms with van der Waals surface area (Å²) in [5.41, 5.74) is 15.1. The van der Waals surface area contributed by atoms with E-state index in [1.165, 1.54) is 120 Å². The molecule has 0 aliphatic rings. The van der Waals surface area contributed by atoms with E-state index in [1.54, 1.807) is 0 Å². The molecule has 0 amide bonds. The largest absolute Gasteiger partial charge is 0.341 e. The number of benzene rings is 10. The summed E-state index contributed by atoms with van der Waals surface area (Å²) in [6, 6.07) is 72.6. The molecule has 0 aliphatic heterocycles. The lowest BCUT2D eigenvalue weighted by Gasteiger charge is -2.19. The van der Waals surface area contributed by atoms with Crippen molar-refractivity contribution in [1.82, 2.24) is 9.13 Å². The first-order valence-electron chi connectivity index (χ1n) is 21.3. The van der Waals surface area contributed by atoms with E-state index in [-0.39, 0.29) is 0 Å². The maximum atomic E-state index is 2.48. The van der Waals surface area contributed by atoms with Crippen molar-refractivity contribution in [2.45, 2.75) is 26.9 Å². The van der Waals surface area contributed by atoms with Gasteiger partial charge in [-0.05, 0) is 127 Å². The summed E-state index contributed by atoms with van der Waals surface area (Å²) in [5.74, 6) is 0. The van der Waals surface area contributed by atoms with Crippen LogP contribution in [0.4, 0.5) is 0 Å². The van der Waals surface area contributed by atoms with Gasteiger partial charge in [0.2, 0.25) is 0 Å². The van der Waals surface area contributed by atoms with Crippen molar-refractivity contribution in [1.29, 1.82) is 0 Å². The third-order valence-corrected chi connectivity index (χ3v) is 13.1. The second kappa shape index (κ2) is 13.6. The minimum atomic E-state index is 0.912. The van der Waals surface area contributed by atoms with Crippen LogP contribution in [0.25, 0.3) is 120 Å². The molecular formula is C58H42N2. The first-order valence-corrected chi connectivity index (χ1v) is 21.3. The van der Waals surface area contributed by atoms with Crippen LogP contribution in [0.2, 0.25) is 0 Å². The van der Waals surface area contributed by atoms with Crippen LogP contribution in [-0.4, -0.2) is 9.13 Å². The summed E-state index contributed by atoms with van der Waals surface area (Å²) in [6.07, 6.45) is 0. The Hall–Kier alpha value is -7.42. The zero-order valence-corrected chi connectivity index (χ0v) is 33.8. The number of aromatic nitrogens is 2. The predicted molar refractivity (Wildman–Crippen MR) is 258 cm³/mol. The van der Waals surface area contributed by atoms with Gasteiger partial charge < -0.3 is 9.13 Å². The Labute approximate surface area is 349 Å². The van der Waals surface area contributed by atoms with Crippen molar-refractivity contribution in [2.24, 2.45) is 0 Å². The van der Waals surface area contributed by atoms with Gasteiger partial charge in [0.1, 0.15) is 0 Å². The van der Waals surface area contributed by atoms with E-state index in [1.807, 2.05) is 0 Å². The molecule has 0 aliphatic carbocycles. The standard InChI is InChI=1S/C58H42N2/c1-3-59-54-25-10-8-18-45(54)47-31-28-40(34-56(47)59)42-20-13-23-50-52(42)36-53-43(41-29-32-48-46-19-9-11-26-55(46)60(4-2)57(48)35-41)21-14-24-51(53)58(50)49-22-12-17-39-33-38(27-30-44(39)49)37-15-6-5-7-16-37/h5-36H,3-4H2,1-2H3. The van der Waals surface area contributed by atoms with Crippen molar-refractivity contribution < 1.29 is 0 Å². The Morgan fingerprint density at radius 1 is 0.283 bits per heavy atom. The molecule has 0 saturated carbocycles. The Morgan fingerprint density at radius 2 is 0.750 bits per heavy atom. The first-order chi connectivity index (χ1) is 29.7. The lowest BCUT2D eigenvalue weighted by Crippen LogP contribution is -1.94. The van der Waals surface area contributed by atoms with Gasteiger partial charge >= 0.3 is 0 Å². The summed E-state index contributed by atoms with van der Waals surface area (Å²) < 4.78 is 4.92. The van der Waals surface area contributed by atoms with E-state index in [2.05, 4.69) is 217 Å². The van der Waals surface area contributed by atoms with Crippen molar-refractivity contribution in [3.8, 4) is 44.5 Å². The highest BCUT2D eigenvalue weighted by Crippen LogP contribution is 2.46. The van der Waals surface area contributed by atoms with Crippen molar-refractivity contribution in [3.63, 3.8) is 0 Å². The van der Waals surface area contributed by atoms with E-state index in [0.29, 0.717) is 0 Å². The Bertz CT molecular complexity index is 3500. The van der Waals surface area contributed by atoms with Gasteiger partial charge in [0.05, 0.1) is 0 Å². The number of fused-ring (bicyclic) bond motifs is 9. The molecule has 12 rings (SSSR count). The number of hydrogen-bond donors (Lipinski definition) is 0. The maximum absolute atomic E-state index is 2.48. The Morgan fingerprint density at radius 3 is 1.33 bits per heavy atom. The fraction of sp³-hybridized carbons (Fsp3) is 0.0690. The minimum absolute atomic E-state index is 0.912. The van der Waals surface area contributed by atoms with Crippen molar-refractivity contribution >= 4 is 75.9 Å². The van der Waals surface area contributed by atoms with E-state index in [0.717, 1.165) is 13.1 Å². The highest BCUT2D eigenvalue weighted by molar-refractivity contribution is 6.22. The number of rotatable bonds is 6. The van der Waals surface area contributed by atoms with Crippen molar-refractivity contribution in [2.75, 3.05) is 0 Å². The topological polar surface area (TPSA) is 9.86 Å². The zero-order chi connectivity index (χ0) is 39.9. The van der Waals surface area contributed by atoms with Gasteiger partial charge in [0.15, 0.2) is 0 Å². The lowest BCUT2D eigenvalue weighted by atomic mass is 9.84. The van der Waals surface area contributed by atoms with Crippen LogP contribution in [0.3, 0.4) is 0 Å². The molecule has 0 atom stereocenters. The molecule has 284 valence electrons. The number of hydrogen-bond acceptors (Lipinski definition) is 0. The Kier molecular flexibility index (Phi) is 7.83. The van der Waals surface area contributed by atoms with Gasteiger partial charge in [-0.15, -0.1) is 0 Å². The van der Waals surface area contributed by atoms with Crippen LogP contribution in [0.15, 0.2) is 194 Å². The Balaban J connectivity index is 1.16. The molecular weight excluding hydrogens is 725 g/mol. The molecule has 0 unspecified atom stereocenters. The van der Waals surface area contributed by atoms with Gasteiger partial charge in [-0.25, -0.2) is 0 Å². The second-order valence-electron chi connectivity index (χ2n) is 16.1. The molecule has 2 heteroatoms. The van der Waals surface area contributed by atoms with Crippen LogP contribution in [-0.2, 0) is 13.1 Å². The first kappa shape index (κ1) is 34.6. The molecule has 0 bridgehead atoms. The van der Waals surface area contributed by atoms with Crippen LogP contribution in [0, 0.1) is 0 Å². The average Bonchev–Trinajstić information content (AvgIpc) is 3.81. The minimum Gasteiger partial charge on any atom is -0.341 e. The van der Waals surface area contributed by atoms with Gasteiger partial charge in [0.25, 0.3) is 0 Å². The SMILES string of the molecule is CCn1c2ccccc2c2ccc(-c3cccc4c(-c5cccc6cc(-c7ccccc7)ccc56)c5cccc(-c6ccc7c8ccccc8n(CC)c7c6)c5cc34)cc21. The fourth-order valence-corrected chi connectivity index (χ4v) is 10.4. The quantitative estimate of drug-likeness (QED) is 0.149. The molecule has 10 aromatic carbocycles. The molecule has 0 fully saturated rings. The van der Waals surface area contributed by atoms with Crippen LogP contribution in [0.1, 0.15) is 13.8 Å². The molecule has 60 heavy (non-hydrogen) atoms. The summed E-state index contributed by atoms with van der Waals surface area (Å²) in [6.45, 7) is 6.33. The highest BCUT2D eigenvalue weighted by atomic mass is 15.0. The number of para-hydroxylation sites is 2. The van der Waals surface area contributed by atoms with E-state index in [4.69, 9.17) is 0 Å². The van der Waals surface area contributed by atoms with Gasteiger partial charge in [-0.1, -0.05) is 158 Å². The molecule has 2 nitrogen and oxygen atoms in total. The van der Waals surface area contributed by atoms with Crippen LogP contribution in [0.5, 0.6) is 0 Å². The summed E-state index contributed by atoms with van der Waals surface area (Å²) in [7, 11) is 0. The monoisotopic (exact) mass is 766 g/mol. The maximum Gasteiger partial charge on any atom is 0.0497 e. The molecule has 2 aromatic heterocycles. The summed E-state index contributed by atoms with van der Waals surface area (Å²) >= 11 is 0. The molecule has 12 aromatic rings. The fourth-order valence-electron chi connectivity index (χ4n) is 10.4. The van der Waals surface area contributed by atoms with E-state index >= 15 is 0 Å². The van der Waals surface area contributed by atoms with Crippen LogP contribution >= 0.6 is 0 Å². The van der Waals surface area contributed by atoms with Gasteiger partial charge in [0, 0.05) is 56.7 Å². The average molecular weight is 767 g/mol. The molecule has 0 saturated heterocycles. The normalized spacial score (nSPS) is 12.0.